The molecule has 2 aliphatic rings. The second kappa shape index (κ2) is 9.32. The number of carbonyl (C=O) groups is 1. The standard InChI is InChI=1S/C22H24F3N3O4/c1-30-21(29)18-20(26-11-17(27-18)14-5-6-14)28-16-4-2-3-15(13-7-9-31-10-8-13)19(16)32-12-22(23,24)25/h2-4,11,13-14H,5-10,12H2,1H3,(H,26,28). The fourth-order valence-corrected chi connectivity index (χ4v) is 3.74. The number of hydrogen-bond donors (Lipinski definition) is 1. The molecule has 0 atom stereocenters. The van der Waals surface area contributed by atoms with Gasteiger partial charge in [0, 0.05) is 19.1 Å². The Hall–Kier alpha value is -2.88. The van der Waals surface area contributed by atoms with Crippen LogP contribution in [0.4, 0.5) is 24.7 Å². The number of halogens is 3. The lowest BCUT2D eigenvalue weighted by Crippen LogP contribution is -2.22. The SMILES string of the molecule is COC(=O)c1nc(C2CC2)cnc1Nc1cccc(C2CCOCC2)c1OCC(F)(F)F. The van der Waals surface area contributed by atoms with E-state index in [1.54, 1.807) is 24.4 Å². The molecule has 7 nitrogen and oxygen atoms in total. The van der Waals surface area contributed by atoms with Gasteiger partial charge in [-0.3, -0.25) is 0 Å². The number of anilines is 2. The Bertz CT molecular complexity index is 973. The van der Waals surface area contributed by atoms with Gasteiger partial charge in [0.1, 0.15) is 5.75 Å². The number of nitrogens with one attached hydrogen (secondary N) is 1. The van der Waals surface area contributed by atoms with E-state index in [0.29, 0.717) is 37.3 Å². The van der Waals surface area contributed by atoms with Gasteiger partial charge in [0.15, 0.2) is 18.1 Å². The van der Waals surface area contributed by atoms with Crippen molar-refractivity contribution in [1.29, 1.82) is 0 Å². The second-order valence-electron chi connectivity index (χ2n) is 7.90. The average molecular weight is 451 g/mol. The van der Waals surface area contributed by atoms with Crippen molar-refractivity contribution in [2.24, 2.45) is 0 Å². The topological polar surface area (TPSA) is 82.6 Å². The van der Waals surface area contributed by atoms with Crippen molar-refractivity contribution in [3.8, 4) is 5.75 Å². The Morgan fingerprint density at radius 2 is 1.94 bits per heavy atom. The molecule has 1 aliphatic carbocycles. The molecule has 172 valence electrons. The lowest BCUT2D eigenvalue weighted by Gasteiger charge is -2.26. The highest BCUT2D eigenvalue weighted by Crippen LogP contribution is 2.41. The molecule has 0 radical (unpaired) electrons. The first-order valence-electron chi connectivity index (χ1n) is 10.5. The number of ether oxygens (including phenoxy) is 3. The van der Waals surface area contributed by atoms with Crippen LogP contribution < -0.4 is 10.1 Å². The van der Waals surface area contributed by atoms with Gasteiger partial charge < -0.3 is 19.5 Å². The van der Waals surface area contributed by atoms with E-state index in [1.165, 1.54) is 7.11 Å². The fraction of sp³-hybridized carbons (Fsp3) is 0.500. The third-order valence-electron chi connectivity index (χ3n) is 5.51. The van der Waals surface area contributed by atoms with Crippen molar-refractivity contribution in [2.75, 3.05) is 32.2 Å². The summed E-state index contributed by atoms with van der Waals surface area (Å²) in [6.45, 7) is -0.374. The highest BCUT2D eigenvalue weighted by Gasteiger charge is 2.31. The molecule has 2 heterocycles. The van der Waals surface area contributed by atoms with Crippen LogP contribution >= 0.6 is 0 Å². The number of esters is 1. The molecule has 32 heavy (non-hydrogen) atoms. The van der Waals surface area contributed by atoms with Gasteiger partial charge in [-0.15, -0.1) is 0 Å². The van der Waals surface area contributed by atoms with Crippen molar-refractivity contribution in [2.45, 2.75) is 43.7 Å². The highest BCUT2D eigenvalue weighted by molar-refractivity contribution is 5.93. The van der Waals surface area contributed by atoms with E-state index in [1.807, 2.05) is 0 Å². The molecule has 0 unspecified atom stereocenters. The maximum Gasteiger partial charge on any atom is 0.422 e. The molecular formula is C22H24F3N3O4. The maximum absolute atomic E-state index is 13.0. The minimum atomic E-state index is -4.50. The smallest absolute Gasteiger partial charge is 0.422 e. The Morgan fingerprint density at radius 1 is 1.19 bits per heavy atom. The molecule has 2 aromatic rings. The van der Waals surface area contributed by atoms with Gasteiger partial charge in [0.05, 0.1) is 24.7 Å². The first-order chi connectivity index (χ1) is 15.4. The van der Waals surface area contributed by atoms with Crippen LogP contribution in [0.5, 0.6) is 5.75 Å². The molecule has 1 aromatic carbocycles. The number of nitrogens with zero attached hydrogens (tertiary/aromatic N) is 2. The van der Waals surface area contributed by atoms with Crippen molar-refractivity contribution >= 4 is 17.5 Å². The van der Waals surface area contributed by atoms with Gasteiger partial charge >= 0.3 is 12.1 Å². The van der Waals surface area contributed by atoms with Gasteiger partial charge in [-0.05, 0) is 43.2 Å². The Balaban J connectivity index is 1.70. The molecule has 1 N–H and O–H groups in total. The Morgan fingerprint density at radius 3 is 2.59 bits per heavy atom. The summed E-state index contributed by atoms with van der Waals surface area (Å²) in [5, 5.41) is 2.96. The van der Waals surface area contributed by atoms with Crippen molar-refractivity contribution in [3.63, 3.8) is 0 Å². The van der Waals surface area contributed by atoms with Crippen molar-refractivity contribution < 1.29 is 32.2 Å². The van der Waals surface area contributed by atoms with Crippen molar-refractivity contribution in [3.05, 3.63) is 41.3 Å². The van der Waals surface area contributed by atoms with Crippen molar-refractivity contribution in [1.82, 2.24) is 9.97 Å². The quantitative estimate of drug-likeness (QED) is 0.610. The number of hydrogen-bond acceptors (Lipinski definition) is 7. The summed E-state index contributed by atoms with van der Waals surface area (Å²) in [4.78, 5) is 21.0. The molecule has 1 aliphatic heterocycles. The van der Waals surface area contributed by atoms with Crippen LogP contribution in [0.2, 0.25) is 0 Å². The van der Waals surface area contributed by atoms with E-state index in [0.717, 1.165) is 12.8 Å². The molecule has 0 spiro atoms. The summed E-state index contributed by atoms with van der Waals surface area (Å²) in [5.41, 5.74) is 1.61. The van der Waals surface area contributed by atoms with Crippen LogP contribution in [0.15, 0.2) is 24.4 Å². The van der Waals surface area contributed by atoms with E-state index in [9.17, 15) is 18.0 Å². The molecule has 1 saturated carbocycles. The van der Waals surface area contributed by atoms with Gasteiger partial charge in [-0.1, -0.05) is 12.1 Å². The summed E-state index contributed by atoms with van der Waals surface area (Å²) in [5.74, 6) is -0.233. The second-order valence-corrected chi connectivity index (χ2v) is 7.90. The zero-order valence-electron chi connectivity index (χ0n) is 17.6. The van der Waals surface area contributed by atoms with E-state index in [4.69, 9.17) is 14.2 Å². The summed E-state index contributed by atoms with van der Waals surface area (Å²) >= 11 is 0. The average Bonchev–Trinajstić information content (AvgIpc) is 3.63. The fourth-order valence-electron chi connectivity index (χ4n) is 3.74. The molecule has 1 saturated heterocycles. The highest BCUT2D eigenvalue weighted by atomic mass is 19.4. The third-order valence-corrected chi connectivity index (χ3v) is 5.51. The summed E-state index contributed by atoms with van der Waals surface area (Å²) in [6.07, 6.45) is 0.382. The van der Waals surface area contributed by atoms with Gasteiger partial charge in [0.2, 0.25) is 0 Å². The predicted octanol–water partition coefficient (Wildman–Crippen LogP) is 4.72. The molecule has 4 rings (SSSR count). The summed E-state index contributed by atoms with van der Waals surface area (Å²) < 4.78 is 54.4. The van der Waals surface area contributed by atoms with Crippen LogP contribution in [-0.4, -0.2) is 49.0 Å². The molecule has 0 amide bonds. The van der Waals surface area contributed by atoms with Crippen LogP contribution in [0.1, 0.15) is 59.3 Å². The number of para-hydroxylation sites is 1. The zero-order valence-corrected chi connectivity index (χ0v) is 17.6. The van der Waals surface area contributed by atoms with E-state index < -0.39 is 18.8 Å². The molecule has 10 heteroatoms. The van der Waals surface area contributed by atoms with E-state index in [2.05, 4.69) is 15.3 Å². The number of carbonyl (C=O) groups excluding carboxylic acids is 1. The largest absolute Gasteiger partial charge is 0.482 e. The number of benzene rings is 1. The molecular weight excluding hydrogens is 427 g/mol. The van der Waals surface area contributed by atoms with E-state index >= 15 is 0 Å². The lowest BCUT2D eigenvalue weighted by atomic mass is 9.90. The normalized spacial score (nSPS) is 17.1. The van der Waals surface area contributed by atoms with Gasteiger partial charge in [-0.25, -0.2) is 14.8 Å². The summed E-state index contributed by atoms with van der Waals surface area (Å²) in [7, 11) is 1.24. The minimum absolute atomic E-state index is 0.00265. The molecule has 0 bridgehead atoms. The first kappa shape index (κ1) is 22.3. The number of aromatic nitrogens is 2. The number of methoxy groups -OCH3 is 1. The van der Waals surface area contributed by atoms with Crippen LogP contribution in [0.3, 0.4) is 0 Å². The van der Waals surface area contributed by atoms with E-state index in [-0.39, 0.29) is 34.8 Å². The van der Waals surface area contributed by atoms with Gasteiger partial charge in [0.25, 0.3) is 0 Å². The van der Waals surface area contributed by atoms with Gasteiger partial charge in [-0.2, -0.15) is 13.2 Å². The summed E-state index contributed by atoms with van der Waals surface area (Å²) in [6, 6.07) is 5.08. The van der Waals surface area contributed by atoms with Crippen LogP contribution in [-0.2, 0) is 9.47 Å². The minimum Gasteiger partial charge on any atom is -0.482 e. The number of rotatable bonds is 7. The Labute approximate surface area is 183 Å². The maximum atomic E-state index is 13.0. The monoisotopic (exact) mass is 451 g/mol. The first-order valence-corrected chi connectivity index (χ1v) is 10.5. The molecule has 1 aromatic heterocycles. The van der Waals surface area contributed by atoms with Crippen LogP contribution in [0, 0.1) is 0 Å². The van der Waals surface area contributed by atoms with Crippen LogP contribution in [0.25, 0.3) is 0 Å². The predicted molar refractivity (Wildman–Crippen MR) is 109 cm³/mol. The molecule has 2 fully saturated rings. The number of alkyl halides is 3. The zero-order chi connectivity index (χ0) is 22.7. The Kier molecular flexibility index (Phi) is 6.50. The lowest BCUT2D eigenvalue weighted by molar-refractivity contribution is -0.153. The third kappa shape index (κ3) is 5.29.